The molecule has 6 heteroatoms. The fourth-order valence-corrected chi connectivity index (χ4v) is 1.88. The molecule has 2 aromatic rings. The quantitative estimate of drug-likeness (QED) is 0.387. The Balaban J connectivity index is 2.20. The molecule has 0 fully saturated rings. The molecule has 5 nitrogen and oxygen atoms in total. The Morgan fingerprint density at radius 3 is 2.65 bits per heavy atom. The largest absolute Gasteiger partial charge is 0.409 e. The van der Waals surface area contributed by atoms with Gasteiger partial charge in [0.2, 0.25) is 0 Å². The van der Waals surface area contributed by atoms with Gasteiger partial charge in [0.25, 0.3) is 0 Å². The number of hydrogen-bond acceptors (Lipinski definition) is 4. The van der Waals surface area contributed by atoms with Crippen LogP contribution in [0.2, 0.25) is 0 Å². The second kappa shape index (κ2) is 6.01. The third-order valence-corrected chi connectivity index (χ3v) is 2.93. The van der Waals surface area contributed by atoms with Gasteiger partial charge in [0, 0.05) is 31.5 Å². The number of aromatic nitrogens is 1. The van der Waals surface area contributed by atoms with E-state index in [1.807, 2.05) is 12.1 Å². The fourth-order valence-electron chi connectivity index (χ4n) is 1.88. The summed E-state index contributed by atoms with van der Waals surface area (Å²) in [6.07, 6.45) is 3.39. The molecule has 20 heavy (non-hydrogen) atoms. The normalized spacial score (nSPS) is 11.4. The minimum atomic E-state index is -0.425. The van der Waals surface area contributed by atoms with Crippen molar-refractivity contribution in [1.29, 1.82) is 0 Å². The summed E-state index contributed by atoms with van der Waals surface area (Å²) in [5.74, 6) is -0.544. The highest BCUT2D eigenvalue weighted by Gasteiger charge is 2.10. The number of pyridine rings is 1. The van der Waals surface area contributed by atoms with Gasteiger partial charge in [-0.15, -0.1) is 0 Å². The van der Waals surface area contributed by atoms with E-state index in [2.05, 4.69) is 10.1 Å². The van der Waals surface area contributed by atoms with Crippen molar-refractivity contribution in [3.63, 3.8) is 0 Å². The minimum Gasteiger partial charge on any atom is -0.409 e. The van der Waals surface area contributed by atoms with Gasteiger partial charge in [-0.25, -0.2) is 4.39 Å². The van der Waals surface area contributed by atoms with Crippen molar-refractivity contribution in [3.05, 3.63) is 59.7 Å². The van der Waals surface area contributed by atoms with Crippen LogP contribution in [-0.4, -0.2) is 23.1 Å². The van der Waals surface area contributed by atoms with Gasteiger partial charge in [-0.2, -0.15) is 0 Å². The van der Waals surface area contributed by atoms with Crippen LogP contribution >= 0.6 is 0 Å². The molecular formula is C14H15FN4O. The first-order chi connectivity index (χ1) is 9.61. The average molecular weight is 274 g/mol. The lowest BCUT2D eigenvalue weighted by Crippen LogP contribution is -2.19. The number of hydrogen-bond donors (Lipinski definition) is 2. The van der Waals surface area contributed by atoms with Crippen LogP contribution < -0.4 is 10.6 Å². The second-order valence-corrected chi connectivity index (χ2v) is 4.36. The second-order valence-electron chi connectivity index (χ2n) is 4.36. The van der Waals surface area contributed by atoms with E-state index in [0.29, 0.717) is 17.8 Å². The maximum absolute atomic E-state index is 14.1. The zero-order valence-electron chi connectivity index (χ0n) is 11.0. The standard InChI is InChI=1S/C14H15FN4O/c1-19(9-10-4-6-17-7-5-10)13-3-2-11(8-12(13)15)14(16)18-20/h2-8,20H,9H2,1H3,(H2,16,18). The zero-order chi connectivity index (χ0) is 14.5. The summed E-state index contributed by atoms with van der Waals surface area (Å²) in [5, 5.41) is 11.4. The molecule has 0 bridgehead atoms. The van der Waals surface area contributed by atoms with E-state index in [0.717, 1.165) is 5.56 Å². The lowest BCUT2D eigenvalue weighted by molar-refractivity contribution is 0.318. The maximum atomic E-state index is 14.1. The van der Waals surface area contributed by atoms with Crippen molar-refractivity contribution in [1.82, 2.24) is 4.98 Å². The third kappa shape index (κ3) is 3.03. The van der Waals surface area contributed by atoms with Crippen LogP contribution in [0.25, 0.3) is 0 Å². The molecule has 1 aromatic carbocycles. The topological polar surface area (TPSA) is 74.7 Å². The number of anilines is 1. The molecule has 0 unspecified atom stereocenters. The summed E-state index contributed by atoms with van der Waals surface area (Å²) in [4.78, 5) is 5.72. The summed E-state index contributed by atoms with van der Waals surface area (Å²) < 4.78 is 14.1. The van der Waals surface area contributed by atoms with Gasteiger partial charge in [-0.05, 0) is 35.9 Å². The predicted molar refractivity (Wildman–Crippen MR) is 75.3 cm³/mol. The third-order valence-electron chi connectivity index (χ3n) is 2.93. The molecule has 0 amide bonds. The SMILES string of the molecule is CN(Cc1ccncc1)c1ccc(/C(N)=N/O)cc1F. The molecule has 0 aliphatic carbocycles. The van der Waals surface area contributed by atoms with Crippen LogP contribution in [0.4, 0.5) is 10.1 Å². The van der Waals surface area contributed by atoms with E-state index in [1.54, 1.807) is 36.5 Å². The van der Waals surface area contributed by atoms with E-state index < -0.39 is 5.82 Å². The van der Waals surface area contributed by atoms with Crippen LogP contribution in [0.3, 0.4) is 0 Å². The van der Waals surface area contributed by atoms with E-state index >= 15 is 0 Å². The lowest BCUT2D eigenvalue weighted by atomic mass is 10.1. The number of benzene rings is 1. The molecule has 0 atom stereocenters. The Bertz CT molecular complexity index is 616. The van der Waals surface area contributed by atoms with Crippen LogP contribution in [-0.2, 0) is 6.54 Å². The smallest absolute Gasteiger partial charge is 0.170 e. The van der Waals surface area contributed by atoms with Crippen molar-refractivity contribution >= 4 is 11.5 Å². The van der Waals surface area contributed by atoms with Crippen LogP contribution in [0, 0.1) is 5.82 Å². The first-order valence-corrected chi connectivity index (χ1v) is 5.99. The Hall–Kier alpha value is -2.63. The molecular weight excluding hydrogens is 259 g/mol. The van der Waals surface area contributed by atoms with E-state index in [-0.39, 0.29) is 5.84 Å². The van der Waals surface area contributed by atoms with Gasteiger partial charge in [-0.3, -0.25) is 4.98 Å². The Kier molecular flexibility index (Phi) is 4.14. The Morgan fingerprint density at radius 2 is 2.05 bits per heavy atom. The number of rotatable bonds is 4. The molecule has 0 radical (unpaired) electrons. The van der Waals surface area contributed by atoms with E-state index in [9.17, 15) is 4.39 Å². The van der Waals surface area contributed by atoms with E-state index in [4.69, 9.17) is 10.9 Å². The summed E-state index contributed by atoms with van der Waals surface area (Å²) in [5.41, 5.74) is 7.24. The zero-order valence-corrected chi connectivity index (χ0v) is 11.0. The van der Waals surface area contributed by atoms with Gasteiger partial charge in [-0.1, -0.05) is 5.16 Å². The number of nitrogens with two attached hydrogens (primary N) is 1. The molecule has 2 rings (SSSR count). The first kappa shape index (κ1) is 13.8. The molecule has 1 aromatic heterocycles. The van der Waals surface area contributed by atoms with Gasteiger partial charge in [0.15, 0.2) is 5.84 Å². The van der Waals surface area contributed by atoms with Gasteiger partial charge in [0.05, 0.1) is 5.69 Å². The van der Waals surface area contributed by atoms with Crippen molar-refractivity contribution in [2.24, 2.45) is 10.9 Å². The Morgan fingerprint density at radius 1 is 1.35 bits per heavy atom. The molecule has 0 aliphatic heterocycles. The minimum absolute atomic E-state index is 0.118. The highest BCUT2D eigenvalue weighted by Crippen LogP contribution is 2.21. The molecule has 0 saturated carbocycles. The fraction of sp³-hybridized carbons (Fsp3) is 0.143. The maximum Gasteiger partial charge on any atom is 0.170 e. The number of halogens is 1. The summed E-state index contributed by atoms with van der Waals surface area (Å²) in [6, 6.07) is 8.20. The highest BCUT2D eigenvalue weighted by atomic mass is 19.1. The predicted octanol–water partition coefficient (Wildman–Crippen LogP) is 1.95. The monoisotopic (exact) mass is 274 g/mol. The van der Waals surface area contributed by atoms with Gasteiger partial charge in [0.1, 0.15) is 5.82 Å². The van der Waals surface area contributed by atoms with Crippen LogP contribution in [0.5, 0.6) is 0 Å². The first-order valence-electron chi connectivity index (χ1n) is 5.99. The summed E-state index contributed by atoms with van der Waals surface area (Å²) in [6.45, 7) is 0.558. The van der Waals surface area contributed by atoms with Crippen LogP contribution in [0.1, 0.15) is 11.1 Å². The molecule has 0 spiro atoms. The van der Waals surface area contributed by atoms with Crippen LogP contribution in [0.15, 0.2) is 47.9 Å². The highest BCUT2D eigenvalue weighted by molar-refractivity contribution is 5.97. The Labute approximate surface area is 116 Å². The van der Waals surface area contributed by atoms with Crippen molar-refractivity contribution in [3.8, 4) is 0 Å². The average Bonchev–Trinajstić information content (AvgIpc) is 2.47. The van der Waals surface area contributed by atoms with Crippen molar-refractivity contribution < 1.29 is 9.60 Å². The molecule has 104 valence electrons. The number of amidine groups is 1. The molecule has 0 aliphatic rings. The molecule has 3 N–H and O–H groups in total. The molecule has 0 saturated heterocycles. The van der Waals surface area contributed by atoms with Gasteiger partial charge < -0.3 is 15.8 Å². The van der Waals surface area contributed by atoms with Crippen molar-refractivity contribution in [2.75, 3.05) is 11.9 Å². The van der Waals surface area contributed by atoms with Gasteiger partial charge >= 0.3 is 0 Å². The lowest BCUT2D eigenvalue weighted by Gasteiger charge is -2.20. The molecule has 1 heterocycles. The summed E-state index contributed by atoms with van der Waals surface area (Å²) >= 11 is 0. The summed E-state index contributed by atoms with van der Waals surface area (Å²) in [7, 11) is 1.79. The number of nitrogens with zero attached hydrogens (tertiary/aromatic N) is 3. The van der Waals surface area contributed by atoms with E-state index in [1.165, 1.54) is 6.07 Å². The number of oxime groups is 1. The van der Waals surface area contributed by atoms with Crippen molar-refractivity contribution in [2.45, 2.75) is 6.54 Å².